The number of H-pyrrole nitrogens is 1. The van der Waals surface area contributed by atoms with E-state index in [-0.39, 0.29) is 22.4 Å². The fourth-order valence-electron chi connectivity index (χ4n) is 2.61. The second-order valence-electron chi connectivity index (χ2n) is 5.09. The number of aromatic nitrogens is 2. The number of rotatable bonds is 2. The van der Waals surface area contributed by atoms with E-state index < -0.39 is 15.7 Å². The van der Waals surface area contributed by atoms with Gasteiger partial charge in [-0.15, -0.1) is 0 Å². The van der Waals surface area contributed by atoms with Crippen LogP contribution in [0.15, 0.2) is 12.1 Å². The predicted molar refractivity (Wildman–Crippen MR) is 78.9 cm³/mol. The van der Waals surface area contributed by atoms with Crippen molar-refractivity contribution in [2.24, 2.45) is 5.92 Å². The van der Waals surface area contributed by atoms with Gasteiger partial charge in [0.15, 0.2) is 14.6 Å². The summed E-state index contributed by atoms with van der Waals surface area (Å²) in [7, 11) is -2.93. The number of imidazole rings is 1. The summed E-state index contributed by atoms with van der Waals surface area (Å²) in [5.41, 5.74) is 1.27. The van der Waals surface area contributed by atoms with Crippen molar-refractivity contribution in [1.82, 2.24) is 9.55 Å². The van der Waals surface area contributed by atoms with E-state index in [4.69, 9.17) is 23.8 Å². The third-order valence-corrected chi connectivity index (χ3v) is 6.03. The van der Waals surface area contributed by atoms with Crippen molar-refractivity contribution >= 4 is 44.7 Å². The van der Waals surface area contributed by atoms with Crippen molar-refractivity contribution in [3.05, 3.63) is 27.7 Å². The minimum absolute atomic E-state index is 0.0180. The molecular weight excluding hydrogens is 323 g/mol. The van der Waals surface area contributed by atoms with Gasteiger partial charge < -0.3 is 9.55 Å². The molecule has 1 aliphatic heterocycles. The molecule has 1 fully saturated rings. The Labute approximate surface area is 125 Å². The highest BCUT2D eigenvalue weighted by Crippen LogP contribution is 2.26. The topological polar surface area (TPSA) is 54.9 Å². The smallest absolute Gasteiger partial charge is 0.178 e. The maximum atomic E-state index is 13.6. The summed E-state index contributed by atoms with van der Waals surface area (Å²) in [6.45, 7) is 0.471. The Morgan fingerprint density at radius 1 is 1.50 bits per heavy atom. The van der Waals surface area contributed by atoms with Gasteiger partial charge in [-0.1, -0.05) is 11.6 Å². The molecule has 4 nitrogen and oxygen atoms in total. The Morgan fingerprint density at radius 3 is 2.90 bits per heavy atom. The molecule has 20 heavy (non-hydrogen) atoms. The number of halogens is 2. The molecule has 1 N–H and O–H groups in total. The van der Waals surface area contributed by atoms with Crippen LogP contribution in [0.1, 0.15) is 6.42 Å². The molecule has 2 heterocycles. The summed E-state index contributed by atoms with van der Waals surface area (Å²) >= 11 is 11.0. The minimum atomic E-state index is -2.93. The average Bonchev–Trinajstić information content (AvgIpc) is 2.83. The van der Waals surface area contributed by atoms with Crippen LogP contribution >= 0.6 is 23.8 Å². The molecule has 1 atom stereocenters. The lowest BCUT2D eigenvalue weighted by molar-refractivity contribution is 0.495. The van der Waals surface area contributed by atoms with E-state index in [2.05, 4.69) is 4.98 Å². The molecule has 0 spiro atoms. The second-order valence-corrected chi connectivity index (χ2v) is 8.12. The Kier molecular flexibility index (Phi) is 3.38. The van der Waals surface area contributed by atoms with E-state index in [1.165, 1.54) is 12.1 Å². The SMILES string of the molecule is O=S1(=O)CCC(Cn2c(=S)[nH]c3cc(Cl)c(F)cc32)C1. The largest absolute Gasteiger partial charge is 0.331 e. The van der Waals surface area contributed by atoms with Gasteiger partial charge >= 0.3 is 0 Å². The van der Waals surface area contributed by atoms with E-state index in [1.807, 2.05) is 0 Å². The number of sulfone groups is 1. The summed E-state index contributed by atoms with van der Waals surface area (Å²) in [6.07, 6.45) is 0.618. The first-order valence-electron chi connectivity index (χ1n) is 6.14. The summed E-state index contributed by atoms with van der Waals surface area (Å²) in [6, 6.07) is 2.82. The van der Waals surface area contributed by atoms with Gasteiger partial charge in [-0.2, -0.15) is 0 Å². The summed E-state index contributed by atoms with van der Waals surface area (Å²) in [4.78, 5) is 2.97. The van der Waals surface area contributed by atoms with E-state index in [0.717, 1.165) is 0 Å². The normalized spacial score (nSPS) is 21.6. The van der Waals surface area contributed by atoms with Crippen LogP contribution in [0.2, 0.25) is 5.02 Å². The minimum Gasteiger partial charge on any atom is -0.331 e. The van der Waals surface area contributed by atoms with Gasteiger partial charge in [0.1, 0.15) is 5.82 Å². The van der Waals surface area contributed by atoms with Crippen LogP contribution in [0.4, 0.5) is 4.39 Å². The van der Waals surface area contributed by atoms with Gasteiger partial charge in [0.05, 0.1) is 27.6 Å². The molecule has 1 aliphatic rings. The first kappa shape index (κ1) is 14.0. The molecule has 0 saturated carbocycles. The zero-order chi connectivity index (χ0) is 14.5. The Bertz CT molecular complexity index is 841. The third kappa shape index (κ3) is 2.49. The molecule has 1 saturated heterocycles. The van der Waals surface area contributed by atoms with Crippen molar-refractivity contribution in [2.75, 3.05) is 11.5 Å². The molecule has 0 bridgehead atoms. The van der Waals surface area contributed by atoms with Crippen molar-refractivity contribution in [3.8, 4) is 0 Å². The van der Waals surface area contributed by atoms with Gasteiger partial charge in [-0.3, -0.25) is 0 Å². The fraction of sp³-hybridized carbons (Fsp3) is 0.417. The van der Waals surface area contributed by atoms with E-state index in [1.54, 1.807) is 4.57 Å². The Hall–Kier alpha value is -0.920. The zero-order valence-corrected chi connectivity index (χ0v) is 12.8. The lowest BCUT2D eigenvalue weighted by Crippen LogP contribution is -2.12. The first-order chi connectivity index (χ1) is 9.35. The predicted octanol–water partition coefficient (Wildman–Crippen LogP) is 2.93. The zero-order valence-electron chi connectivity index (χ0n) is 10.4. The maximum absolute atomic E-state index is 13.6. The Morgan fingerprint density at radius 2 is 2.25 bits per heavy atom. The third-order valence-electron chi connectivity index (χ3n) is 3.58. The number of fused-ring (bicyclic) bond motifs is 1. The van der Waals surface area contributed by atoms with Gasteiger partial charge in [0.25, 0.3) is 0 Å². The Balaban J connectivity index is 2.02. The summed E-state index contributed by atoms with van der Waals surface area (Å²) in [5, 5.41) is 0.0318. The standard InChI is InChI=1S/C12H12ClFN2O2S2/c13-8-3-10-11(4-9(8)14)16(12(19)15-10)5-7-1-2-20(17,18)6-7/h3-4,7H,1-2,5-6H2,(H,15,19). The van der Waals surface area contributed by atoms with Crippen molar-refractivity contribution < 1.29 is 12.8 Å². The van der Waals surface area contributed by atoms with Crippen molar-refractivity contribution in [2.45, 2.75) is 13.0 Å². The molecular formula is C12H12ClFN2O2S2. The van der Waals surface area contributed by atoms with Crippen LogP contribution in [-0.4, -0.2) is 29.5 Å². The van der Waals surface area contributed by atoms with E-state index in [0.29, 0.717) is 28.8 Å². The molecule has 3 rings (SSSR count). The molecule has 1 unspecified atom stereocenters. The molecule has 2 aromatic rings. The number of nitrogens with one attached hydrogen (secondary N) is 1. The van der Waals surface area contributed by atoms with Crippen LogP contribution in [0, 0.1) is 16.5 Å². The van der Waals surface area contributed by atoms with Crippen molar-refractivity contribution in [1.29, 1.82) is 0 Å². The van der Waals surface area contributed by atoms with E-state index >= 15 is 0 Å². The lowest BCUT2D eigenvalue weighted by Gasteiger charge is -2.10. The van der Waals surface area contributed by atoms with Crippen LogP contribution in [0.25, 0.3) is 11.0 Å². The van der Waals surface area contributed by atoms with Gasteiger partial charge in [-0.05, 0) is 30.6 Å². The van der Waals surface area contributed by atoms with Gasteiger partial charge in [0.2, 0.25) is 0 Å². The summed E-state index contributed by atoms with van der Waals surface area (Å²) in [5.74, 6) is -0.115. The average molecular weight is 335 g/mol. The molecule has 8 heteroatoms. The maximum Gasteiger partial charge on any atom is 0.178 e. The molecule has 0 amide bonds. The van der Waals surface area contributed by atoms with Crippen LogP contribution in [-0.2, 0) is 16.4 Å². The molecule has 0 aliphatic carbocycles. The van der Waals surface area contributed by atoms with Gasteiger partial charge in [0, 0.05) is 12.6 Å². The molecule has 1 aromatic heterocycles. The van der Waals surface area contributed by atoms with Crippen molar-refractivity contribution in [3.63, 3.8) is 0 Å². The number of hydrogen-bond acceptors (Lipinski definition) is 3. The molecule has 0 radical (unpaired) electrons. The van der Waals surface area contributed by atoms with Crippen LogP contribution in [0.3, 0.4) is 0 Å². The molecule has 108 valence electrons. The first-order valence-corrected chi connectivity index (χ1v) is 8.74. The quantitative estimate of drug-likeness (QED) is 0.859. The summed E-state index contributed by atoms with van der Waals surface area (Å²) < 4.78 is 38.8. The number of aromatic amines is 1. The van der Waals surface area contributed by atoms with Crippen LogP contribution < -0.4 is 0 Å². The number of nitrogens with zero attached hydrogens (tertiary/aromatic N) is 1. The highest BCUT2D eigenvalue weighted by molar-refractivity contribution is 7.91. The fourth-order valence-corrected chi connectivity index (χ4v) is 4.90. The second kappa shape index (κ2) is 4.82. The van der Waals surface area contributed by atoms with Gasteiger partial charge in [-0.25, -0.2) is 12.8 Å². The highest BCUT2D eigenvalue weighted by atomic mass is 35.5. The number of benzene rings is 1. The van der Waals surface area contributed by atoms with Crippen LogP contribution in [0.5, 0.6) is 0 Å². The molecule has 1 aromatic carbocycles. The monoisotopic (exact) mass is 334 g/mol. The lowest BCUT2D eigenvalue weighted by atomic mass is 10.1. The van der Waals surface area contributed by atoms with E-state index in [9.17, 15) is 12.8 Å². The number of hydrogen-bond donors (Lipinski definition) is 1. The highest BCUT2D eigenvalue weighted by Gasteiger charge is 2.28.